The first-order chi connectivity index (χ1) is 12.7. The Morgan fingerprint density at radius 1 is 1.22 bits per heavy atom. The number of hydrogen-bond acceptors (Lipinski definition) is 3. The highest BCUT2D eigenvalue weighted by Crippen LogP contribution is 2.35. The molecule has 1 atom stereocenters. The van der Waals surface area contributed by atoms with Crippen molar-refractivity contribution in [1.29, 1.82) is 0 Å². The number of carbonyl (C=O) groups is 1. The zero-order chi connectivity index (χ0) is 19.6. The molecular weight excluding hydrogens is 368 g/mol. The first-order valence-corrected chi connectivity index (χ1v) is 8.28. The summed E-state index contributed by atoms with van der Waals surface area (Å²) in [6.45, 7) is 0. The predicted molar refractivity (Wildman–Crippen MR) is 88.1 cm³/mol. The Hall–Kier alpha value is -2.77. The molecule has 0 saturated carbocycles. The maximum absolute atomic E-state index is 14.1. The molecule has 0 amide bonds. The van der Waals surface area contributed by atoms with Gasteiger partial charge in [0.25, 0.3) is 0 Å². The normalized spacial score (nSPS) is 16.4. The van der Waals surface area contributed by atoms with Crippen molar-refractivity contribution in [2.45, 2.75) is 38.1 Å². The molecule has 1 N–H and O–H groups in total. The van der Waals surface area contributed by atoms with Gasteiger partial charge in [-0.25, -0.2) is 4.39 Å². The van der Waals surface area contributed by atoms with Gasteiger partial charge in [0.2, 0.25) is 0 Å². The molecular formula is C19H16F4O4. The van der Waals surface area contributed by atoms with Gasteiger partial charge in [-0.3, -0.25) is 4.79 Å². The highest BCUT2D eigenvalue weighted by molar-refractivity contribution is 5.68. The van der Waals surface area contributed by atoms with Crippen LogP contribution < -0.4 is 9.47 Å². The van der Waals surface area contributed by atoms with Gasteiger partial charge in [-0.2, -0.15) is 0 Å². The second-order valence-electron chi connectivity index (χ2n) is 6.22. The number of carboxylic acids is 1. The van der Waals surface area contributed by atoms with Crippen molar-refractivity contribution in [1.82, 2.24) is 0 Å². The third-order valence-corrected chi connectivity index (χ3v) is 4.25. The molecule has 0 radical (unpaired) electrons. The molecule has 0 unspecified atom stereocenters. The van der Waals surface area contributed by atoms with Crippen LogP contribution in [0.3, 0.4) is 0 Å². The molecule has 0 spiro atoms. The van der Waals surface area contributed by atoms with Crippen LogP contribution in [0.4, 0.5) is 17.6 Å². The number of rotatable bonds is 5. The fourth-order valence-electron chi connectivity index (χ4n) is 3.02. The Morgan fingerprint density at radius 2 is 2.00 bits per heavy atom. The van der Waals surface area contributed by atoms with Crippen LogP contribution in [0.2, 0.25) is 0 Å². The maximum Gasteiger partial charge on any atom is 0.573 e. The maximum atomic E-state index is 14.1. The van der Waals surface area contributed by atoms with Crippen LogP contribution in [0.25, 0.3) is 11.1 Å². The number of halogens is 4. The van der Waals surface area contributed by atoms with E-state index in [9.17, 15) is 22.4 Å². The van der Waals surface area contributed by atoms with Crippen molar-refractivity contribution in [3.8, 4) is 22.6 Å². The van der Waals surface area contributed by atoms with Gasteiger partial charge in [0.15, 0.2) is 0 Å². The number of aliphatic carboxylic acids is 1. The quantitative estimate of drug-likeness (QED) is 0.741. The molecule has 8 heteroatoms. The van der Waals surface area contributed by atoms with Crippen LogP contribution in [0.15, 0.2) is 36.4 Å². The Morgan fingerprint density at radius 3 is 2.70 bits per heavy atom. The van der Waals surface area contributed by atoms with E-state index in [1.807, 2.05) is 0 Å². The van der Waals surface area contributed by atoms with Gasteiger partial charge in [0, 0.05) is 12.0 Å². The lowest BCUT2D eigenvalue weighted by Crippen LogP contribution is -2.23. The minimum atomic E-state index is -4.86. The van der Waals surface area contributed by atoms with Crippen LogP contribution >= 0.6 is 0 Å². The summed E-state index contributed by atoms with van der Waals surface area (Å²) in [5, 5.41) is 8.75. The summed E-state index contributed by atoms with van der Waals surface area (Å²) >= 11 is 0. The molecule has 0 fully saturated rings. The Bertz CT molecular complexity index is 848. The first kappa shape index (κ1) is 19.0. The van der Waals surface area contributed by atoms with E-state index < -0.39 is 23.9 Å². The number of hydrogen-bond donors (Lipinski definition) is 1. The fraction of sp³-hybridized carbons (Fsp3) is 0.316. The van der Waals surface area contributed by atoms with Crippen molar-refractivity contribution in [3.05, 3.63) is 47.8 Å². The second kappa shape index (κ2) is 7.46. The summed E-state index contributed by atoms with van der Waals surface area (Å²) in [5.41, 5.74) is 1.19. The number of ether oxygens (including phenoxy) is 2. The Kier molecular flexibility index (Phi) is 5.25. The Labute approximate surface area is 152 Å². The molecule has 1 aliphatic heterocycles. The van der Waals surface area contributed by atoms with Gasteiger partial charge < -0.3 is 14.6 Å². The van der Waals surface area contributed by atoms with E-state index in [1.54, 1.807) is 18.2 Å². The van der Waals surface area contributed by atoms with Gasteiger partial charge in [-0.05, 0) is 60.7 Å². The van der Waals surface area contributed by atoms with Crippen LogP contribution in [-0.2, 0) is 11.2 Å². The first-order valence-electron chi connectivity index (χ1n) is 8.28. The van der Waals surface area contributed by atoms with E-state index in [0.29, 0.717) is 30.6 Å². The highest BCUT2D eigenvalue weighted by atomic mass is 19.4. The van der Waals surface area contributed by atoms with Gasteiger partial charge >= 0.3 is 12.3 Å². The predicted octanol–water partition coefficient (Wildman–Crippen LogP) is 4.95. The van der Waals surface area contributed by atoms with Gasteiger partial charge in [-0.15, -0.1) is 13.2 Å². The summed E-state index contributed by atoms with van der Waals surface area (Å²) in [7, 11) is 0. The topological polar surface area (TPSA) is 55.8 Å². The number of alkyl halides is 3. The van der Waals surface area contributed by atoms with E-state index in [2.05, 4.69) is 4.74 Å². The van der Waals surface area contributed by atoms with Crippen molar-refractivity contribution in [3.63, 3.8) is 0 Å². The summed E-state index contributed by atoms with van der Waals surface area (Å²) in [6.07, 6.45) is -3.45. The van der Waals surface area contributed by atoms with Gasteiger partial charge in [-0.1, -0.05) is 6.07 Å². The van der Waals surface area contributed by atoms with E-state index in [0.717, 1.165) is 23.8 Å². The standard InChI is InChI=1S/C19H16F4O4/c20-16-6-4-14(27-19(21,22)23)10-15(16)11-2-7-17-12(9-11)1-3-13(26-17)5-8-18(24)25/h2,4,6-7,9-10,13H,1,3,5,8H2,(H,24,25)/t13-/m1/s1. The number of carboxylic acid groups (broad SMARTS) is 1. The highest BCUT2D eigenvalue weighted by Gasteiger charge is 2.31. The van der Waals surface area contributed by atoms with Crippen LogP contribution in [0.5, 0.6) is 11.5 Å². The molecule has 2 aromatic rings. The Balaban J connectivity index is 1.82. The molecule has 0 saturated heterocycles. The number of aryl methyl sites for hydroxylation is 1. The lowest BCUT2D eigenvalue weighted by Gasteiger charge is -2.26. The zero-order valence-electron chi connectivity index (χ0n) is 14.1. The SMILES string of the molecule is O=C(O)CC[C@H]1CCc2cc(-c3cc(OC(F)(F)F)ccc3F)ccc2O1. The number of benzene rings is 2. The molecule has 0 bridgehead atoms. The molecule has 144 valence electrons. The number of fused-ring (bicyclic) bond motifs is 1. The molecule has 0 aliphatic carbocycles. The monoisotopic (exact) mass is 384 g/mol. The average molecular weight is 384 g/mol. The van der Waals surface area contributed by atoms with Crippen molar-refractivity contribution < 1.29 is 36.9 Å². The largest absolute Gasteiger partial charge is 0.573 e. The fourth-order valence-corrected chi connectivity index (χ4v) is 3.02. The van der Waals surface area contributed by atoms with Crippen LogP contribution in [-0.4, -0.2) is 23.5 Å². The van der Waals surface area contributed by atoms with Gasteiger partial charge in [0.05, 0.1) is 6.10 Å². The molecule has 0 aromatic heterocycles. The summed E-state index contributed by atoms with van der Waals surface area (Å²) < 4.78 is 60.9. The van der Waals surface area contributed by atoms with Gasteiger partial charge in [0.1, 0.15) is 17.3 Å². The zero-order valence-corrected chi connectivity index (χ0v) is 14.1. The third kappa shape index (κ3) is 4.90. The molecule has 3 rings (SSSR count). The van der Waals surface area contributed by atoms with E-state index in [1.165, 1.54) is 0 Å². The van der Waals surface area contributed by atoms with Crippen LogP contribution in [0, 0.1) is 5.82 Å². The average Bonchev–Trinajstić information content (AvgIpc) is 2.60. The van der Waals surface area contributed by atoms with Crippen molar-refractivity contribution >= 4 is 5.97 Å². The minimum absolute atomic E-state index is 0.00690. The smallest absolute Gasteiger partial charge is 0.490 e. The molecule has 27 heavy (non-hydrogen) atoms. The minimum Gasteiger partial charge on any atom is -0.490 e. The summed E-state index contributed by atoms with van der Waals surface area (Å²) in [4.78, 5) is 10.7. The summed E-state index contributed by atoms with van der Waals surface area (Å²) in [5.74, 6) is -1.48. The van der Waals surface area contributed by atoms with E-state index >= 15 is 0 Å². The molecule has 1 heterocycles. The van der Waals surface area contributed by atoms with E-state index in [-0.39, 0.29) is 18.1 Å². The van der Waals surface area contributed by atoms with Crippen molar-refractivity contribution in [2.24, 2.45) is 0 Å². The molecule has 1 aliphatic rings. The second-order valence-corrected chi connectivity index (χ2v) is 6.22. The summed E-state index contributed by atoms with van der Waals surface area (Å²) in [6, 6.07) is 7.68. The lowest BCUT2D eigenvalue weighted by molar-refractivity contribution is -0.274. The van der Waals surface area contributed by atoms with Crippen molar-refractivity contribution in [2.75, 3.05) is 0 Å². The van der Waals surface area contributed by atoms with E-state index in [4.69, 9.17) is 9.84 Å². The molecule has 4 nitrogen and oxygen atoms in total. The third-order valence-electron chi connectivity index (χ3n) is 4.25. The van der Waals surface area contributed by atoms with Crippen LogP contribution in [0.1, 0.15) is 24.8 Å². The lowest BCUT2D eigenvalue weighted by atomic mass is 9.95. The molecule has 2 aromatic carbocycles.